The van der Waals surface area contributed by atoms with Crippen LogP contribution in [0.3, 0.4) is 0 Å². The third kappa shape index (κ3) is 6.12. The van der Waals surface area contributed by atoms with E-state index in [0.717, 1.165) is 24.3 Å². The Morgan fingerprint density at radius 2 is 1.41 bits per heavy atom. The maximum atomic E-state index is 13.6. The highest BCUT2D eigenvalue weighted by atomic mass is 19.1. The summed E-state index contributed by atoms with van der Waals surface area (Å²) in [5.74, 6) is -4.73. The Hall–Kier alpha value is -4.34. The topological polar surface area (TPSA) is 108 Å². The number of aromatic hydroxyl groups is 1. The Labute approximate surface area is 192 Å². The average molecular weight is 471 g/mol. The molecule has 34 heavy (non-hydrogen) atoms. The summed E-state index contributed by atoms with van der Waals surface area (Å²) in [4.78, 5) is 36.5. The Balaban J connectivity index is 1.52. The molecule has 0 aliphatic heterocycles. The van der Waals surface area contributed by atoms with Crippen LogP contribution >= 0.6 is 0 Å². The van der Waals surface area contributed by atoms with Gasteiger partial charge in [-0.15, -0.1) is 0 Å². The van der Waals surface area contributed by atoms with E-state index in [2.05, 4.69) is 16.0 Å². The average Bonchev–Trinajstić information content (AvgIpc) is 2.77. The van der Waals surface area contributed by atoms with Gasteiger partial charge < -0.3 is 21.1 Å². The molecule has 4 N–H and O–H groups in total. The van der Waals surface area contributed by atoms with Crippen molar-refractivity contribution in [1.82, 2.24) is 10.6 Å². The van der Waals surface area contributed by atoms with Gasteiger partial charge in [0, 0.05) is 42.0 Å². The minimum Gasteiger partial charge on any atom is -0.507 e. The maximum Gasteiger partial charge on any atom is 0.255 e. The van der Waals surface area contributed by atoms with E-state index in [1.165, 1.54) is 24.3 Å². The summed E-state index contributed by atoms with van der Waals surface area (Å²) in [7, 11) is 0. The van der Waals surface area contributed by atoms with Crippen molar-refractivity contribution in [1.29, 1.82) is 0 Å². The Morgan fingerprint density at radius 1 is 0.765 bits per heavy atom. The molecular formula is C24H20F3N3O4. The molecule has 0 fully saturated rings. The van der Waals surface area contributed by atoms with E-state index >= 15 is 0 Å². The lowest BCUT2D eigenvalue weighted by Crippen LogP contribution is -2.34. The molecule has 3 aromatic carbocycles. The summed E-state index contributed by atoms with van der Waals surface area (Å²) < 4.78 is 40.1. The van der Waals surface area contributed by atoms with Gasteiger partial charge in [0.05, 0.1) is 5.56 Å². The van der Waals surface area contributed by atoms with Gasteiger partial charge in [-0.3, -0.25) is 14.4 Å². The lowest BCUT2D eigenvalue weighted by molar-refractivity contribution is 0.0926. The molecule has 0 saturated carbocycles. The number of amides is 3. The van der Waals surface area contributed by atoms with Crippen LogP contribution in [0.25, 0.3) is 0 Å². The molecule has 10 heteroatoms. The second kappa shape index (κ2) is 10.5. The summed E-state index contributed by atoms with van der Waals surface area (Å²) in [6, 6.07) is 10.1. The van der Waals surface area contributed by atoms with E-state index in [9.17, 15) is 32.7 Å². The number of carbonyl (C=O) groups excluding carboxylic acids is 3. The third-order valence-electron chi connectivity index (χ3n) is 4.76. The van der Waals surface area contributed by atoms with Crippen molar-refractivity contribution in [2.75, 3.05) is 18.4 Å². The van der Waals surface area contributed by atoms with Gasteiger partial charge in [-0.05, 0) is 48.9 Å². The second-order valence-corrected chi connectivity index (χ2v) is 7.32. The molecule has 0 spiro atoms. The van der Waals surface area contributed by atoms with Gasteiger partial charge in [-0.2, -0.15) is 0 Å². The number of phenolic OH excluding ortho intramolecular Hbond substituents is 1. The van der Waals surface area contributed by atoms with Gasteiger partial charge in [0.2, 0.25) is 0 Å². The van der Waals surface area contributed by atoms with Crippen LogP contribution in [0, 0.1) is 24.4 Å². The van der Waals surface area contributed by atoms with Crippen molar-refractivity contribution < 1.29 is 32.7 Å². The molecule has 176 valence electrons. The third-order valence-corrected chi connectivity index (χ3v) is 4.76. The van der Waals surface area contributed by atoms with E-state index in [1.807, 2.05) is 0 Å². The molecule has 7 nitrogen and oxygen atoms in total. The zero-order valence-electron chi connectivity index (χ0n) is 17.9. The van der Waals surface area contributed by atoms with Gasteiger partial charge >= 0.3 is 0 Å². The largest absolute Gasteiger partial charge is 0.507 e. The van der Waals surface area contributed by atoms with E-state index in [0.29, 0.717) is 11.6 Å². The molecule has 0 heterocycles. The van der Waals surface area contributed by atoms with Crippen molar-refractivity contribution >= 4 is 23.4 Å². The summed E-state index contributed by atoms with van der Waals surface area (Å²) in [6.45, 7) is 1.66. The second-order valence-electron chi connectivity index (χ2n) is 7.32. The number of anilines is 1. The Morgan fingerprint density at radius 3 is 2.03 bits per heavy atom. The molecule has 0 atom stereocenters. The Kier molecular flexibility index (Phi) is 7.52. The predicted octanol–water partition coefficient (Wildman–Crippen LogP) is 3.53. The quantitative estimate of drug-likeness (QED) is 0.396. The van der Waals surface area contributed by atoms with Gasteiger partial charge in [-0.25, -0.2) is 13.2 Å². The van der Waals surface area contributed by atoms with E-state index in [4.69, 9.17) is 0 Å². The predicted molar refractivity (Wildman–Crippen MR) is 118 cm³/mol. The summed E-state index contributed by atoms with van der Waals surface area (Å²) in [5, 5.41) is 17.6. The molecule has 3 amide bonds. The summed E-state index contributed by atoms with van der Waals surface area (Å²) in [6.07, 6.45) is 0. The molecule has 0 saturated heterocycles. The number of halogens is 3. The number of carbonyl (C=O) groups is 3. The van der Waals surface area contributed by atoms with Crippen LogP contribution in [0.4, 0.5) is 18.9 Å². The number of aryl methyl sites for hydroxylation is 1. The standard InChI is InChI=1S/C24H20F3N3O4/c1-13-2-3-14(10-20(13)27)22(32)28-6-7-29-24(34)19-5-4-18(12-21(19)31)30-23(33)15-8-16(25)11-17(26)9-15/h2-5,8-12,31H,6-7H2,1H3,(H,28,32)(H,29,34)(H,30,33). The van der Waals surface area contributed by atoms with Crippen LogP contribution in [0.1, 0.15) is 36.6 Å². The zero-order valence-corrected chi connectivity index (χ0v) is 17.9. The number of hydrogen-bond acceptors (Lipinski definition) is 4. The van der Waals surface area contributed by atoms with Crippen LogP contribution in [0.5, 0.6) is 5.75 Å². The molecule has 3 rings (SSSR count). The van der Waals surface area contributed by atoms with Gasteiger partial charge in [0.25, 0.3) is 17.7 Å². The van der Waals surface area contributed by atoms with Crippen molar-refractivity contribution in [2.45, 2.75) is 6.92 Å². The number of benzene rings is 3. The van der Waals surface area contributed by atoms with Crippen molar-refractivity contribution in [3.05, 3.63) is 94.3 Å². The molecule has 3 aromatic rings. The Bertz CT molecular complexity index is 1240. The highest BCUT2D eigenvalue weighted by Crippen LogP contribution is 2.22. The highest BCUT2D eigenvalue weighted by molar-refractivity contribution is 6.05. The first kappa shape index (κ1) is 24.3. The molecule has 0 aliphatic carbocycles. The molecular weight excluding hydrogens is 451 g/mol. The molecule has 0 bridgehead atoms. The van der Waals surface area contributed by atoms with Crippen molar-refractivity contribution in [2.24, 2.45) is 0 Å². The first-order valence-corrected chi connectivity index (χ1v) is 10.1. The monoisotopic (exact) mass is 471 g/mol. The van der Waals surface area contributed by atoms with Crippen LogP contribution in [-0.4, -0.2) is 35.9 Å². The van der Waals surface area contributed by atoms with Crippen LogP contribution in [0.2, 0.25) is 0 Å². The lowest BCUT2D eigenvalue weighted by Gasteiger charge is -2.10. The summed E-state index contributed by atoms with van der Waals surface area (Å²) >= 11 is 0. The first-order chi connectivity index (χ1) is 16.1. The normalized spacial score (nSPS) is 10.5. The van der Waals surface area contributed by atoms with Gasteiger partial charge in [0.1, 0.15) is 23.2 Å². The highest BCUT2D eigenvalue weighted by Gasteiger charge is 2.14. The van der Waals surface area contributed by atoms with Crippen LogP contribution in [0.15, 0.2) is 54.6 Å². The van der Waals surface area contributed by atoms with E-state index in [-0.39, 0.29) is 35.5 Å². The maximum absolute atomic E-state index is 13.6. The molecule has 0 aromatic heterocycles. The number of phenols is 1. The zero-order chi connectivity index (χ0) is 24.8. The number of hydrogen-bond donors (Lipinski definition) is 4. The van der Waals surface area contributed by atoms with Crippen molar-refractivity contribution in [3.8, 4) is 5.75 Å². The van der Waals surface area contributed by atoms with Gasteiger partial charge in [0.15, 0.2) is 0 Å². The van der Waals surface area contributed by atoms with Gasteiger partial charge in [-0.1, -0.05) is 6.07 Å². The smallest absolute Gasteiger partial charge is 0.255 e. The minimum atomic E-state index is -0.915. The molecule has 0 aliphatic rings. The lowest BCUT2D eigenvalue weighted by atomic mass is 10.1. The molecule has 0 radical (unpaired) electrons. The van der Waals surface area contributed by atoms with Crippen LogP contribution < -0.4 is 16.0 Å². The fraction of sp³-hybridized carbons (Fsp3) is 0.125. The van der Waals surface area contributed by atoms with E-state index < -0.39 is 40.9 Å². The fourth-order valence-corrected chi connectivity index (χ4v) is 2.97. The summed E-state index contributed by atoms with van der Waals surface area (Å²) in [5.41, 5.74) is 0.306. The number of rotatable bonds is 7. The van der Waals surface area contributed by atoms with Crippen LogP contribution in [-0.2, 0) is 0 Å². The number of nitrogens with one attached hydrogen (secondary N) is 3. The SMILES string of the molecule is Cc1ccc(C(=O)NCCNC(=O)c2ccc(NC(=O)c3cc(F)cc(F)c3)cc2O)cc1F. The minimum absolute atomic E-state index is 0.0297. The van der Waals surface area contributed by atoms with Crippen molar-refractivity contribution in [3.63, 3.8) is 0 Å². The first-order valence-electron chi connectivity index (χ1n) is 10.1. The fourth-order valence-electron chi connectivity index (χ4n) is 2.97. The van der Waals surface area contributed by atoms with E-state index in [1.54, 1.807) is 6.92 Å². The molecule has 0 unspecified atom stereocenters.